The number of ether oxygens (including phenoxy) is 2. The van der Waals surface area contributed by atoms with Gasteiger partial charge in [-0.25, -0.2) is 13.6 Å². The summed E-state index contributed by atoms with van der Waals surface area (Å²) >= 11 is 0. The van der Waals surface area contributed by atoms with E-state index in [-0.39, 0.29) is 10.6 Å². The quantitative estimate of drug-likeness (QED) is 0.458. The Morgan fingerprint density at radius 3 is 2.63 bits per heavy atom. The molecule has 0 aliphatic carbocycles. The van der Waals surface area contributed by atoms with Gasteiger partial charge < -0.3 is 20.5 Å². The third-order valence-electron chi connectivity index (χ3n) is 2.37. The molecule has 108 valence electrons. The first-order chi connectivity index (χ1) is 8.96. The highest BCUT2D eigenvalue weighted by atomic mass is 32.2. The van der Waals surface area contributed by atoms with Gasteiger partial charge in [0.1, 0.15) is 4.90 Å². The number of nitrogens with two attached hydrogens (primary N) is 2. The Bertz CT molecular complexity index is 505. The topological polar surface area (TPSA) is 117 Å². The average molecular weight is 289 g/mol. The van der Waals surface area contributed by atoms with Gasteiger partial charge in [-0.3, -0.25) is 0 Å². The zero-order valence-corrected chi connectivity index (χ0v) is 11.6. The zero-order chi connectivity index (χ0) is 14.3. The lowest BCUT2D eigenvalue weighted by Crippen LogP contribution is -2.17. The lowest BCUT2D eigenvalue weighted by atomic mass is 10.2. The number of benzene rings is 1. The van der Waals surface area contributed by atoms with Gasteiger partial charge in [-0.05, 0) is 12.1 Å². The number of hydrogen-bond acceptors (Lipinski definition) is 6. The fourth-order valence-corrected chi connectivity index (χ4v) is 2.13. The molecular formula is C11H19N3O4S. The van der Waals surface area contributed by atoms with Gasteiger partial charge in [-0.15, -0.1) is 0 Å². The molecule has 8 heteroatoms. The van der Waals surface area contributed by atoms with Crippen molar-refractivity contribution in [1.82, 2.24) is 0 Å². The second kappa shape index (κ2) is 7.29. The van der Waals surface area contributed by atoms with Gasteiger partial charge in [0.05, 0.1) is 31.2 Å². The second-order valence-corrected chi connectivity index (χ2v) is 5.32. The maximum absolute atomic E-state index is 11.3. The molecule has 0 bridgehead atoms. The van der Waals surface area contributed by atoms with Crippen LogP contribution in [-0.4, -0.2) is 41.9 Å². The summed E-state index contributed by atoms with van der Waals surface area (Å²) in [4.78, 5) is -0.0854. The lowest BCUT2D eigenvalue weighted by molar-refractivity contribution is 0.0759. The smallest absolute Gasteiger partial charge is 0.240 e. The molecule has 0 aliphatic rings. The maximum atomic E-state index is 11.3. The van der Waals surface area contributed by atoms with Gasteiger partial charge in [0.2, 0.25) is 10.0 Å². The predicted molar refractivity (Wildman–Crippen MR) is 73.4 cm³/mol. The highest BCUT2D eigenvalue weighted by molar-refractivity contribution is 7.89. The predicted octanol–water partition coefficient (Wildman–Crippen LogP) is -0.00890. The van der Waals surface area contributed by atoms with Crippen LogP contribution in [0.4, 0.5) is 11.4 Å². The molecule has 0 unspecified atom stereocenters. The fourth-order valence-electron chi connectivity index (χ4n) is 1.45. The van der Waals surface area contributed by atoms with Crippen molar-refractivity contribution in [1.29, 1.82) is 0 Å². The minimum Gasteiger partial charge on any atom is -0.396 e. The van der Waals surface area contributed by atoms with Crippen LogP contribution in [0.1, 0.15) is 0 Å². The Kier molecular flexibility index (Phi) is 6.03. The summed E-state index contributed by atoms with van der Waals surface area (Å²) in [5, 5.41) is 8.05. The molecule has 0 fully saturated rings. The van der Waals surface area contributed by atoms with Crippen molar-refractivity contribution in [3.05, 3.63) is 18.2 Å². The molecule has 0 aromatic heterocycles. The van der Waals surface area contributed by atoms with E-state index in [1.165, 1.54) is 6.07 Å². The minimum atomic E-state index is -3.81. The summed E-state index contributed by atoms with van der Waals surface area (Å²) in [6.45, 7) is 2.00. The van der Waals surface area contributed by atoms with Crippen LogP contribution >= 0.6 is 0 Å². The van der Waals surface area contributed by atoms with Crippen molar-refractivity contribution >= 4 is 21.4 Å². The molecule has 1 aromatic rings. The third kappa shape index (κ3) is 5.03. The molecule has 0 heterocycles. The molecule has 0 aliphatic heterocycles. The van der Waals surface area contributed by atoms with E-state index in [2.05, 4.69) is 5.32 Å². The van der Waals surface area contributed by atoms with Gasteiger partial charge in [0.25, 0.3) is 0 Å². The van der Waals surface area contributed by atoms with Crippen LogP contribution in [0.3, 0.4) is 0 Å². The van der Waals surface area contributed by atoms with E-state index >= 15 is 0 Å². The van der Waals surface area contributed by atoms with Gasteiger partial charge in [-0.2, -0.15) is 0 Å². The Morgan fingerprint density at radius 2 is 2.00 bits per heavy atom. The number of sulfonamides is 1. The zero-order valence-electron chi connectivity index (χ0n) is 10.8. The SMILES string of the molecule is COCCOCCNc1cccc(S(N)(=O)=O)c1N. The molecule has 0 atom stereocenters. The standard InChI is InChI=1S/C11H19N3O4S/c1-17-7-8-18-6-5-14-9-3-2-4-10(11(9)12)19(13,15)16/h2-4,14H,5-8,12H2,1H3,(H2,13,15,16). The van der Waals surface area contributed by atoms with E-state index in [0.717, 1.165) is 0 Å². The van der Waals surface area contributed by atoms with Gasteiger partial charge in [0, 0.05) is 13.7 Å². The molecule has 1 aromatic carbocycles. The summed E-state index contributed by atoms with van der Waals surface area (Å²) in [7, 11) is -2.21. The van der Waals surface area contributed by atoms with Crippen LogP contribution in [0.2, 0.25) is 0 Å². The molecule has 0 saturated carbocycles. The Labute approximate surface area is 112 Å². The van der Waals surface area contributed by atoms with Crippen LogP contribution in [0, 0.1) is 0 Å². The molecule has 0 radical (unpaired) electrons. The number of methoxy groups -OCH3 is 1. The molecular weight excluding hydrogens is 270 g/mol. The molecule has 0 amide bonds. The van der Waals surface area contributed by atoms with Gasteiger partial charge in [-0.1, -0.05) is 6.07 Å². The number of hydrogen-bond donors (Lipinski definition) is 3. The lowest BCUT2D eigenvalue weighted by Gasteiger charge is -2.12. The van der Waals surface area contributed by atoms with Gasteiger partial charge in [0.15, 0.2) is 0 Å². The van der Waals surface area contributed by atoms with Crippen molar-refractivity contribution in [2.24, 2.45) is 5.14 Å². The van der Waals surface area contributed by atoms with Gasteiger partial charge >= 0.3 is 0 Å². The normalized spacial score (nSPS) is 11.5. The summed E-state index contributed by atoms with van der Waals surface area (Å²) in [6.07, 6.45) is 0. The number of primary sulfonamides is 1. The van der Waals surface area contributed by atoms with Crippen molar-refractivity contribution in [3.8, 4) is 0 Å². The van der Waals surface area contributed by atoms with E-state index in [1.54, 1.807) is 19.2 Å². The number of nitrogen functional groups attached to an aromatic ring is 1. The highest BCUT2D eigenvalue weighted by Crippen LogP contribution is 2.25. The van der Waals surface area contributed by atoms with E-state index in [1.807, 2.05) is 0 Å². The first-order valence-corrected chi connectivity index (χ1v) is 7.23. The van der Waals surface area contributed by atoms with Crippen molar-refractivity contribution in [2.75, 3.05) is 44.5 Å². The van der Waals surface area contributed by atoms with Crippen molar-refractivity contribution in [3.63, 3.8) is 0 Å². The minimum absolute atomic E-state index is 0.0854. The number of nitrogens with one attached hydrogen (secondary N) is 1. The Morgan fingerprint density at radius 1 is 1.26 bits per heavy atom. The van der Waals surface area contributed by atoms with Crippen LogP contribution < -0.4 is 16.2 Å². The van der Waals surface area contributed by atoms with Crippen LogP contribution in [0.5, 0.6) is 0 Å². The Balaban J connectivity index is 2.56. The van der Waals surface area contributed by atoms with E-state index in [0.29, 0.717) is 32.1 Å². The van der Waals surface area contributed by atoms with E-state index in [4.69, 9.17) is 20.3 Å². The highest BCUT2D eigenvalue weighted by Gasteiger charge is 2.14. The second-order valence-electron chi connectivity index (χ2n) is 3.79. The van der Waals surface area contributed by atoms with Crippen molar-refractivity contribution in [2.45, 2.75) is 4.90 Å². The average Bonchev–Trinajstić information content (AvgIpc) is 2.34. The summed E-state index contributed by atoms with van der Waals surface area (Å²) in [6, 6.07) is 4.62. The number of para-hydroxylation sites is 1. The molecule has 1 rings (SSSR count). The summed E-state index contributed by atoms with van der Waals surface area (Å²) in [5.41, 5.74) is 6.38. The van der Waals surface area contributed by atoms with Crippen molar-refractivity contribution < 1.29 is 17.9 Å². The molecule has 0 saturated heterocycles. The largest absolute Gasteiger partial charge is 0.396 e. The van der Waals surface area contributed by atoms with Crippen LogP contribution in [-0.2, 0) is 19.5 Å². The van der Waals surface area contributed by atoms with E-state index < -0.39 is 10.0 Å². The van der Waals surface area contributed by atoms with E-state index in [9.17, 15) is 8.42 Å². The maximum Gasteiger partial charge on any atom is 0.240 e. The monoisotopic (exact) mass is 289 g/mol. The number of anilines is 2. The first kappa shape index (κ1) is 15.7. The van der Waals surface area contributed by atoms with Crippen LogP contribution in [0.15, 0.2) is 23.1 Å². The molecule has 5 N–H and O–H groups in total. The Hall–Kier alpha value is -1.35. The third-order valence-corrected chi connectivity index (χ3v) is 3.34. The number of rotatable bonds is 8. The summed E-state index contributed by atoms with van der Waals surface area (Å²) < 4.78 is 32.7. The molecule has 19 heavy (non-hydrogen) atoms. The first-order valence-electron chi connectivity index (χ1n) is 5.68. The van der Waals surface area contributed by atoms with Crippen LogP contribution in [0.25, 0.3) is 0 Å². The molecule has 0 spiro atoms. The fraction of sp³-hybridized carbons (Fsp3) is 0.455. The molecule has 7 nitrogen and oxygen atoms in total. The summed E-state index contributed by atoms with van der Waals surface area (Å²) in [5.74, 6) is 0.